The van der Waals surface area contributed by atoms with Gasteiger partial charge in [0.25, 0.3) is 0 Å². The van der Waals surface area contributed by atoms with Gasteiger partial charge in [-0.1, -0.05) is 24.3 Å². The van der Waals surface area contributed by atoms with E-state index in [4.69, 9.17) is 10.5 Å². The first kappa shape index (κ1) is 24.6. The van der Waals surface area contributed by atoms with Crippen LogP contribution in [0.5, 0.6) is 0 Å². The van der Waals surface area contributed by atoms with Crippen molar-refractivity contribution >= 4 is 0 Å². The van der Waals surface area contributed by atoms with E-state index in [1.54, 1.807) is 35.3 Å². The number of rotatable bonds is 3. The summed E-state index contributed by atoms with van der Waals surface area (Å²) < 4.78 is 1.75. The Labute approximate surface area is 149 Å². The summed E-state index contributed by atoms with van der Waals surface area (Å²) in [6.45, 7) is 0. The maximum absolute atomic E-state index is 8.92. The molecule has 0 unspecified atom stereocenters. The molecule has 1 heterocycles. The lowest BCUT2D eigenvalue weighted by Gasteiger charge is -2.18. The molecule has 0 fully saturated rings. The summed E-state index contributed by atoms with van der Waals surface area (Å²) in [5.74, 6) is 0. The lowest BCUT2D eigenvalue weighted by molar-refractivity contribution is 0.594. The van der Waals surface area contributed by atoms with Crippen molar-refractivity contribution in [2.45, 2.75) is 6.04 Å². The Morgan fingerprint density at radius 3 is 1.46 bits per heavy atom. The quantitative estimate of drug-likeness (QED) is 0.599. The van der Waals surface area contributed by atoms with Gasteiger partial charge >= 0.3 is 0 Å². The molecule has 0 radical (unpaired) electrons. The number of nitriles is 2. The van der Waals surface area contributed by atoms with Crippen LogP contribution in [0.25, 0.3) is 0 Å². The van der Waals surface area contributed by atoms with Crippen molar-refractivity contribution in [1.82, 2.24) is 14.8 Å². The van der Waals surface area contributed by atoms with Gasteiger partial charge in [-0.2, -0.15) is 15.6 Å². The van der Waals surface area contributed by atoms with Gasteiger partial charge in [0, 0.05) is 0 Å². The highest BCUT2D eigenvalue weighted by atomic mass is 16.0. The minimum absolute atomic E-state index is 0. The Morgan fingerprint density at radius 2 is 1.15 bits per heavy atom. The molecule has 0 aliphatic rings. The molecular weight excluding hydrogens is 338 g/mol. The van der Waals surface area contributed by atoms with Crippen LogP contribution in [0.1, 0.15) is 28.3 Å². The molecule has 0 amide bonds. The SMILES string of the molecule is N#Cc1ccc(C(c2ccc(C#N)cc2)n2cncn2)cc1.O.O.O.O. The third-order valence-corrected chi connectivity index (χ3v) is 3.41. The van der Waals surface area contributed by atoms with E-state index in [2.05, 4.69) is 22.2 Å². The average Bonchev–Trinajstić information content (AvgIpc) is 3.10. The summed E-state index contributed by atoms with van der Waals surface area (Å²) >= 11 is 0. The molecule has 0 saturated heterocycles. The standard InChI is InChI=1S/C17H11N5.4H2O/c18-9-13-1-5-15(6-2-13)17(22-12-20-11-21-22)16-7-3-14(10-19)4-8-16;;;;/h1-8,11-12,17H;4*1H2. The van der Waals surface area contributed by atoms with E-state index in [9.17, 15) is 0 Å². The van der Waals surface area contributed by atoms with Gasteiger partial charge in [0.1, 0.15) is 18.7 Å². The molecule has 0 aliphatic heterocycles. The summed E-state index contributed by atoms with van der Waals surface area (Å²) in [6.07, 6.45) is 3.14. The lowest BCUT2D eigenvalue weighted by atomic mass is 9.97. The van der Waals surface area contributed by atoms with Gasteiger partial charge < -0.3 is 21.9 Å². The summed E-state index contributed by atoms with van der Waals surface area (Å²) in [5.41, 5.74) is 3.21. The Balaban J connectivity index is 0. The fourth-order valence-corrected chi connectivity index (χ4v) is 2.33. The molecular formula is C17H19N5O4. The zero-order valence-corrected chi connectivity index (χ0v) is 13.6. The first-order valence-electron chi connectivity index (χ1n) is 6.66. The molecule has 0 aliphatic carbocycles. The fraction of sp³-hybridized carbons (Fsp3) is 0.0588. The van der Waals surface area contributed by atoms with Crippen LogP contribution in [0, 0.1) is 22.7 Å². The largest absolute Gasteiger partial charge is 0.412 e. The van der Waals surface area contributed by atoms with Gasteiger partial charge in [0.05, 0.1) is 23.3 Å². The number of nitrogens with zero attached hydrogens (tertiary/aromatic N) is 5. The van der Waals surface area contributed by atoms with Crippen molar-refractivity contribution in [2.75, 3.05) is 0 Å². The monoisotopic (exact) mass is 357 g/mol. The van der Waals surface area contributed by atoms with Crippen LogP contribution in [0.2, 0.25) is 0 Å². The van der Waals surface area contributed by atoms with E-state index in [1.165, 1.54) is 6.33 Å². The zero-order chi connectivity index (χ0) is 15.4. The van der Waals surface area contributed by atoms with Crippen LogP contribution in [0.15, 0.2) is 61.2 Å². The Morgan fingerprint density at radius 1 is 0.731 bits per heavy atom. The molecule has 3 rings (SSSR count). The summed E-state index contributed by atoms with van der Waals surface area (Å²) in [6, 6.07) is 18.8. The highest BCUT2D eigenvalue weighted by Gasteiger charge is 2.17. The second-order valence-electron chi connectivity index (χ2n) is 4.75. The van der Waals surface area contributed by atoms with Gasteiger partial charge in [-0.3, -0.25) is 0 Å². The van der Waals surface area contributed by atoms with E-state index in [0.717, 1.165) is 11.1 Å². The van der Waals surface area contributed by atoms with Gasteiger partial charge in [-0.05, 0) is 35.4 Å². The van der Waals surface area contributed by atoms with Gasteiger partial charge in [0.15, 0.2) is 0 Å². The molecule has 1 aromatic heterocycles. The smallest absolute Gasteiger partial charge is 0.137 e. The van der Waals surface area contributed by atoms with Crippen molar-refractivity contribution in [3.05, 3.63) is 83.4 Å². The summed E-state index contributed by atoms with van der Waals surface area (Å²) in [5, 5.41) is 22.1. The maximum Gasteiger partial charge on any atom is 0.137 e. The van der Waals surface area contributed by atoms with Gasteiger partial charge in [-0.25, -0.2) is 9.67 Å². The normalized spacial score (nSPS) is 8.58. The Kier molecular flexibility index (Phi) is 10.5. The molecule has 8 N–H and O–H groups in total. The molecule has 136 valence electrons. The fourth-order valence-electron chi connectivity index (χ4n) is 2.33. The molecule has 9 nitrogen and oxygen atoms in total. The first-order valence-corrected chi connectivity index (χ1v) is 6.66. The summed E-state index contributed by atoms with van der Waals surface area (Å²) in [4.78, 5) is 4.01. The van der Waals surface area contributed by atoms with Crippen molar-refractivity contribution in [3.8, 4) is 12.1 Å². The first-order chi connectivity index (χ1) is 10.8. The van der Waals surface area contributed by atoms with Crippen molar-refractivity contribution in [1.29, 1.82) is 10.5 Å². The predicted molar refractivity (Wildman–Crippen MR) is 94.0 cm³/mol. The third kappa shape index (κ3) is 4.95. The number of benzene rings is 2. The van der Waals surface area contributed by atoms with Crippen molar-refractivity contribution in [2.24, 2.45) is 0 Å². The molecule has 0 atom stereocenters. The van der Waals surface area contributed by atoms with E-state index in [0.29, 0.717) is 11.1 Å². The molecule has 0 spiro atoms. The second-order valence-corrected chi connectivity index (χ2v) is 4.75. The highest BCUT2D eigenvalue weighted by Crippen LogP contribution is 2.26. The van der Waals surface area contributed by atoms with E-state index >= 15 is 0 Å². The van der Waals surface area contributed by atoms with E-state index < -0.39 is 0 Å². The second kappa shape index (κ2) is 11.0. The predicted octanol–water partition coefficient (Wildman–Crippen LogP) is -0.640. The Bertz CT molecular complexity index is 793. The highest BCUT2D eigenvalue weighted by molar-refractivity contribution is 5.40. The van der Waals surface area contributed by atoms with Crippen LogP contribution in [0.3, 0.4) is 0 Å². The molecule has 26 heavy (non-hydrogen) atoms. The van der Waals surface area contributed by atoms with Crippen LogP contribution in [-0.2, 0) is 0 Å². The third-order valence-electron chi connectivity index (χ3n) is 3.41. The van der Waals surface area contributed by atoms with Crippen LogP contribution in [-0.4, -0.2) is 36.7 Å². The average molecular weight is 357 g/mol. The molecule has 9 heteroatoms. The van der Waals surface area contributed by atoms with Gasteiger partial charge in [-0.15, -0.1) is 0 Å². The topological polar surface area (TPSA) is 204 Å². The number of hydrogen-bond donors (Lipinski definition) is 0. The molecule has 2 aromatic carbocycles. The number of aromatic nitrogens is 3. The van der Waals surface area contributed by atoms with Crippen LogP contribution in [0.4, 0.5) is 0 Å². The summed E-state index contributed by atoms with van der Waals surface area (Å²) in [7, 11) is 0. The Hall–Kier alpha value is -3.60. The van der Waals surface area contributed by atoms with E-state index in [1.807, 2.05) is 24.3 Å². The maximum atomic E-state index is 8.92. The lowest BCUT2D eigenvalue weighted by Crippen LogP contribution is -2.13. The minimum Gasteiger partial charge on any atom is -0.412 e. The van der Waals surface area contributed by atoms with E-state index in [-0.39, 0.29) is 27.9 Å². The molecule has 0 bridgehead atoms. The van der Waals surface area contributed by atoms with Crippen LogP contribution >= 0.6 is 0 Å². The van der Waals surface area contributed by atoms with Crippen molar-refractivity contribution < 1.29 is 21.9 Å². The van der Waals surface area contributed by atoms with Crippen LogP contribution < -0.4 is 0 Å². The molecule has 3 aromatic rings. The zero-order valence-electron chi connectivity index (χ0n) is 13.6. The number of hydrogen-bond acceptors (Lipinski definition) is 4. The molecule has 0 saturated carbocycles. The van der Waals surface area contributed by atoms with Gasteiger partial charge in [0.2, 0.25) is 0 Å². The minimum atomic E-state index is -0.150. The van der Waals surface area contributed by atoms with Crippen molar-refractivity contribution in [3.63, 3.8) is 0 Å².